The van der Waals surface area contributed by atoms with Crippen LogP contribution in [-0.4, -0.2) is 22.2 Å². The van der Waals surface area contributed by atoms with Crippen LogP contribution in [0.2, 0.25) is 0 Å². The maximum atomic E-state index is 9.55. The molecular formula is C20H20ClNO4. The molecule has 3 N–H and O–H groups in total. The molecule has 2 unspecified atom stereocenters. The summed E-state index contributed by atoms with van der Waals surface area (Å²) in [6.07, 6.45) is 2.23. The van der Waals surface area contributed by atoms with Crippen LogP contribution in [0.15, 0.2) is 60.7 Å². The van der Waals surface area contributed by atoms with E-state index >= 15 is 0 Å². The van der Waals surface area contributed by atoms with E-state index in [-0.39, 0.29) is 17.9 Å². The number of fused-ring (bicyclic) bond motifs is 7. The van der Waals surface area contributed by atoms with Gasteiger partial charge in [0.2, 0.25) is 0 Å². The number of halogens is 1. The Balaban J connectivity index is 0.000000235. The molecule has 2 aromatic rings. The summed E-state index contributed by atoms with van der Waals surface area (Å²) in [7, 11) is 0. The zero-order valence-corrected chi connectivity index (χ0v) is 15.0. The predicted molar refractivity (Wildman–Crippen MR) is 101 cm³/mol. The number of carboxylic acids is 2. The molecule has 2 atom stereocenters. The molecule has 2 aromatic carbocycles. The molecule has 0 saturated heterocycles. The normalized spacial score (nSPS) is 21.7. The van der Waals surface area contributed by atoms with E-state index in [4.69, 9.17) is 10.2 Å². The molecule has 5 nitrogen and oxygen atoms in total. The zero-order chi connectivity index (χ0) is 18.0. The van der Waals surface area contributed by atoms with E-state index in [0.717, 1.165) is 6.42 Å². The molecule has 26 heavy (non-hydrogen) atoms. The third kappa shape index (κ3) is 3.64. The fraction of sp³-hybridized carbons (Fsp3) is 0.200. The first-order valence-corrected chi connectivity index (χ1v) is 8.01. The van der Waals surface area contributed by atoms with Gasteiger partial charge < -0.3 is 10.2 Å². The van der Waals surface area contributed by atoms with Crippen LogP contribution in [0.4, 0.5) is 0 Å². The standard InChI is InChI=1S/C16H15N.C4H4O4.ClH/c1-16-13-8-4-2-6-11(13)10-15(17-16)12-7-3-5-9-14(12)16;5-3(6)1-2-4(7)8;/h2-9,15,17H,10H2,1H3;1-2H,(H,5,6)(H,7,8);1H/b;2-1-;. The minimum atomic E-state index is -1.26. The largest absolute Gasteiger partial charge is 0.478 e. The minimum Gasteiger partial charge on any atom is -0.478 e. The molecule has 0 saturated carbocycles. The van der Waals surface area contributed by atoms with Crippen molar-refractivity contribution in [3.8, 4) is 0 Å². The van der Waals surface area contributed by atoms with E-state index in [2.05, 4.69) is 60.8 Å². The molecule has 0 spiro atoms. The lowest BCUT2D eigenvalue weighted by molar-refractivity contribution is -0.134. The Morgan fingerprint density at radius 1 is 1.00 bits per heavy atom. The topological polar surface area (TPSA) is 86.6 Å². The van der Waals surface area contributed by atoms with Crippen LogP contribution in [0.5, 0.6) is 0 Å². The van der Waals surface area contributed by atoms with E-state index in [1.54, 1.807) is 0 Å². The molecule has 4 rings (SSSR count). The highest BCUT2D eigenvalue weighted by atomic mass is 35.5. The molecule has 0 aromatic heterocycles. The van der Waals surface area contributed by atoms with Crippen molar-refractivity contribution < 1.29 is 19.8 Å². The molecule has 2 bridgehead atoms. The number of carboxylic acid groups (broad SMARTS) is 2. The van der Waals surface area contributed by atoms with Gasteiger partial charge in [-0.15, -0.1) is 12.4 Å². The van der Waals surface area contributed by atoms with Crippen molar-refractivity contribution in [3.05, 3.63) is 82.9 Å². The van der Waals surface area contributed by atoms with Crippen LogP contribution in [0.3, 0.4) is 0 Å². The van der Waals surface area contributed by atoms with Crippen molar-refractivity contribution in [1.29, 1.82) is 0 Å². The first-order valence-electron chi connectivity index (χ1n) is 8.01. The van der Waals surface area contributed by atoms with Crippen LogP contribution in [0, 0.1) is 0 Å². The molecule has 0 fully saturated rings. The molecular weight excluding hydrogens is 354 g/mol. The Hall–Kier alpha value is -2.63. The van der Waals surface area contributed by atoms with Crippen LogP contribution in [0.1, 0.15) is 35.2 Å². The van der Waals surface area contributed by atoms with Gasteiger partial charge >= 0.3 is 11.9 Å². The third-order valence-electron chi connectivity index (χ3n) is 4.69. The van der Waals surface area contributed by atoms with Crippen molar-refractivity contribution in [3.63, 3.8) is 0 Å². The average molecular weight is 374 g/mol. The SMILES string of the molecule is CC12NC(Cc3ccccc31)c1ccccc12.Cl.O=C(O)/C=C\C(=O)O. The van der Waals surface area contributed by atoms with Gasteiger partial charge in [-0.25, -0.2) is 9.59 Å². The molecule has 0 amide bonds. The number of hydrogen-bond acceptors (Lipinski definition) is 3. The van der Waals surface area contributed by atoms with Gasteiger partial charge in [-0.3, -0.25) is 5.32 Å². The average Bonchev–Trinajstić information content (AvgIpc) is 2.83. The van der Waals surface area contributed by atoms with Gasteiger partial charge in [0.1, 0.15) is 0 Å². The Labute approximate surface area is 157 Å². The van der Waals surface area contributed by atoms with Crippen LogP contribution in [0.25, 0.3) is 0 Å². The maximum absolute atomic E-state index is 9.55. The lowest BCUT2D eigenvalue weighted by Crippen LogP contribution is -2.41. The van der Waals surface area contributed by atoms with E-state index in [9.17, 15) is 9.59 Å². The Morgan fingerprint density at radius 2 is 1.54 bits per heavy atom. The van der Waals surface area contributed by atoms with Crippen LogP contribution < -0.4 is 5.32 Å². The number of carbonyl (C=O) groups is 2. The van der Waals surface area contributed by atoms with Crippen molar-refractivity contribution in [2.45, 2.75) is 24.9 Å². The van der Waals surface area contributed by atoms with Gasteiger partial charge in [-0.1, -0.05) is 48.5 Å². The summed E-state index contributed by atoms with van der Waals surface area (Å²) < 4.78 is 0. The van der Waals surface area contributed by atoms with Crippen molar-refractivity contribution in [1.82, 2.24) is 5.32 Å². The van der Waals surface area contributed by atoms with Gasteiger partial charge in [0.05, 0.1) is 5.54 Å². The third-order valence-corrected chi connectivity index (χ3v) is 4.69. The quantitative estimate of drug-likeness (QED) is 0.703. The Morgan fingerprint density at radius 3 is 2.15 bits per heavy atom. The molecule has 0 aliphatic carbocycles. The second kappa shape index (κ2) is 7.72. The Bertz CT molecular complexity index is 835. The van der Waals surface area contributed by atoms with E-state index in [0.29, 0.717) is 18.2 Å². The predicted octanol–water partition coefficient (Wildman–Crippen LogP) is 3.28. The summed E-state index contributed by atoms with van der Waals surface area (Å²) in [6.45, 7) is 2.31. The first kappa shape index (κ1) is 19.7. The molecule has 2 aliphatic rings. The van der Waals surface area contributed by atoms with Gasteiger partial charge in [0.25, 0.3) is 0 Å². The van der Waals surface area contributed by atoms with Crippen molar-refractivity contribution in [2.75, 3.05) is 0 Å². The first-order chi connectivity index (χ1) is 11.9. The smallest absolute Gasteiger partial charge is 0.328 e. The minimum absolute atomic E-state index is 0. The molecule has 0 radical (unpaired) electrons. The summed E-state index contributed by atoms with van der Waals surface area (Å²) >= 11 is 0. The van der Waals surface area contributed by atoms with Crippen molar-refractivity contribution in [2.24, 2.45) is 0 Å². The Kier molecular flexibility index (Phi) is 5.85. The van der Waals surface area contributed by atoms with Crippen LogP contribution >= 0.6 is 12.4 Å². The van der Waals surface area contributed by atoms with Gasteiger partial charge in [0, 0.05) is 18.2 Å². The molecule has 2 aliphatic heterocycles. The highest BCUT2D eigenvalue weighted by Gasteiger charge is 2.45. The fourth-order valence-corrected chi connectivity index (χ4v) is 3.69. The van der Waals surface area contributed by atoms with Gasteiger partial charge in [-0.05, 0) is 35.6 Å². The van der Waals surface area contributed by atoms with Crippen molar-refractivity contribution >= 4 is 24.3 Å². The number of rotatable bonds is 2. The molecule has 136 valence electrons. The van der Waals surface area contributed by atoms with Gasteiger partial charge in [0.15, 0.2) is 0 Å². The summed E-state index contributed by atoms with van der Waals surface area (Å²) in [5.74, 6) is -2.51. The molecule has 2 heterocycles. The highest BCUT2D eigenvalue weighted by Crippen LogP contribution is 2.47. The van der Waals surface area contributed by atoms with E-state index in [1.807, 2.05) is 0 Å². The fourth-order valence-electron chi connectivity index (χ4n) is 3.69. The monoisotopic (exact) mass is 373 g/mol. The number of benzene rings is 2. The summed E-state index contributed by atoms with van der Waals surface area (Å²) in [5, 5.41) is 19.4. The highest BCUT2D eigenvalue weighted by molar-refractivity contribution is 5.89. The lowest BCUT2D eigenvalue weighted by atomic mass is 9.82. The zero-order valence-electron chi connectivity index (χ0n) is 14.2. The summed E-state index contributed by atoms with van der Waals surface area (Å²) in [5.41, 5.74) is 5.88. The summed E-state index contributed by atoms with van der Waals surface area (Å²) in [4.78, 5) is 19.1. The lowest BCUT2D eigenvalue weighted by Gasteiger charge is -2.34. The van der Waals surface area contributed by atoms with Gasteiger partial charge in [-0.2, -0.15) is 0 Å². The number of nitrogens with one attached hydrogen (secondary N) is 1. The van der Waals surface area contributed by atoms with Crippen LogP contribution in [-0.2, 0) is 21.5 Å². The summed E-state index contributed by atoms with van der Waals surface area (Å²) in [6, 6.07) is 18.2. The second-order valence-electron chi connectivity index (χ2n) is 6.28. The van der Waals surface area contributed by atoms with E-state index < -0.39 is 11.9 Å². The maximum Gasteiger partial charge on any atom is 0.328 e. The second-order valence-corrected chi connectivity index (χ2v) is 6.28. The molecule has 6 heteroatoms. The number of hydrogen-bond donors (Lipinski definition) is 3. The number of aliphatic carboxylic acids is 2. The van der Waals surface area contributed by atoms with E-state index in [1.165, 1.54) is 22.3 Å².